The van der Waals surface area contributed by atoms with Crippen molar-refractivity contribution in [2.24, 2.45) is 0 Å². The number of carbonyl (C=O) groups excluding carboxylic acids is 1. The van der Waals surface area contributed by atoms with Gasteiger partial charge in [0.05, 0.1) is 12.9 Å². The van der Waals surface area contributed by atoms with Crippen LogP contribution in [0.1, 0.15) is 89.9 Å². The molecule has 0 aromatic rings. The third kappa shape index (κ3) is 18.7. The van der Waals surface area contributed by atoms with Crippen LogP contribution in [0.5, 0.6) is 0 Å². The van der Waals surface area contributed by atoms with Gasteiger partial charge >= 0.3 is 5.97 Å². The third-order valence-corrected chi connectivity index (χ3v) is 3.98. The minimum absolute atomic E-state index is 0.0909. The number of esters is 1. The summed E-state index contributed by atoms with van der Waals surface area (Å²) in [6.45, 7) is 3.50. The van der Waals surface area contributed by atoms with Crippen LogP contribution in [0.4, 0.5) is 0 Å². The quantitative estimate of drug-likeness (QED) is 0.158. The summed E-state index contributed by atoms with van der Waals surface area (Å²) in [7, 11) is 1.45. The standard InChI is InChI=1S/C20H36O3/c1-19(21)17-15-13-11-9-7-5-3-4-6-8-10-12-14-16-18-20(22)23-2/h3-4,21H,1,5-18H2,2H3/b4-3+. The fraction of sp³-hybridized carbons (Fsp3) is 0.750. The van der Waals surface area contributed by atoms with Crippen LogP contribution < -0.4 is 0 Å². The highest BCUT2D eigenvalue weighted by Crippen LogP contribution is 2.11. The molecule has 0 aliphatic rings. The van der Waals surface area contributed by atoms with Crippen LogP contribution >= 0.6 is 0 Å². The van der Waals surface area contributed by atoms with E-state index in [0.717, 1.165) is 25.7 Å². The summed E-state index contributed by atoms with van der Waals surface area (Å²) in [5, 5.41) is 8.97. The Labute approximate surface area is 142 Å². The first kappa shape index (κ1) is 21.8. The monoisotopic (exact) mass is 324 g/mol. The van der Waals surface area contributed by atoms with E-state index in [2.05, 4.69) is 23.5 Å². The Bertz CT molecular complexity index is 321. The minimum Gasteiger partial charge on any atom is -0.513 e. The first-order valence-corrected chi connectivity index (χ1v) is 9.25. The van der Waals surface area contributed by atoms with Crippen molar-refractivity contribution < 1.29 is 14.6 Å². The van der Waals surface area contributed by atoms with E-state index in [0.29, 0.717) is 12.2 Å². The number of carbonyl (C=O) groups is 1. The summed E-state index contributed by atoms with van der Waals surface area (Å²) in [4.78, 5) is 10.9. The lowest BCUT2D eigenvalue weighted by Gasteiger charge is -2.00. The Kier molecular flexibility index (Phi) is 16.2. The molecule has 134 valence electrons. The van der Waals surface area contributed by atoms with Crippen LogP contribution in [0, 0.1) is 0 Å². The predicted molar refractivity (Wildman–Crippen MR) is 97.6 cm³/mol. The van der Waals surface area contributed by atoms with Crippen LogP contribution in [-0.4, -0.2) is 18.2 Å². The molecule has 0 spiro atoms. The molecular formula is C20H36O3. The minimum atomic E-state index is -0.0909. The van der Waals surface area contributed by atoms with Crippen LogP contribution in [0.25, 0.3) is 0 Å². The topological polar surface area (TPSA) is 46.5 Å². The van der Waals surface area contributed by atoms with Crippen molar-refractivity contribution in [2.45, 2.75) is 89.9 Å². The average Bonchev–Trinajstić information content (AvgIpc) is 2.53. The molecule has 23 heavy (non-hydrogen) atoms. The van der Waals surface area contributed by atoms with Gasteiger partial charge in [-0.15, -0.1) is 0 Å². The molecule has 0 saturated heterocycles. The van der Waals surface area contributed by atoms with E-state index >= 15 is 0 Å². The van der Waals surface area contributed by atoms with E-state index in [1.807, 2.05) is 0 Å². The van der Waals surface area contributed by atoms with Crippen molar-refractivity contribution >= 4 is 5.97 Å². The highest BCUT2D eigenvalue weighted by molar-refractivity contribution is 5.68. The summed E-state index contributed by atoms with van der Waals surface area (Å²) in [5.41, 5.74) is 0. The van der Waals surface area contributed by atoms with E-state index < -0.39 is 0 Å². The lowest BCUT2D eigenvalue weighted by Crippen LogP contribution is -1.98. The van der Waals surface area contributed by atoms with Gasteiger partial charge in [0.25, 0.3) is 0 Å². The normalized spacial score (nSPS) is 11.0. The predicted octanol–water partition coefficient (Wildman–Crippen LogP) is 6.25. The van der Waals surface area contributed by atoms with Crippen molar-refractivity contribution in [3.63, 3.8) is 0 Å². The molecule has 0 heterocycles. The smallest absolute Gasteiger partial charge is 0.305 e. The zero-order valence-corrected chi connectivity index (χ0v) is 15.0. The molecule has 0 bridgehead atoms. The van der Waals surface area contributed by atoms with Gasteiger partial charge in [-0.1, -0.05) is 57.3 Å². The zero-order chi connectivity index (χ0) is 17.2. The molecule has 0 aromatic carbocycles. The number of unbranched alkanes of at least 4 members (excludes halogenated alkanes) is 10. The van der Waals surface area contributed by atoms with Gasteiger partial charge in [-0.2, -0.15) is 0 Å². The van der Waals surface area contributed by atoms with Gasteiger partial charge < -0.3 is 9.84 Å². The molecule has 0 rings (SSSR count). The van der Waals surface area contributed by atoms with Crippen LogP contribution in [0.2, 0.25) is 0 Å². The van der Waals surface area contributed by atoms with Gasteiger partial charge in [0.2, 0.25) is 0 Å². The molecule has 0 radical (unpaired) electrons. The Morgan fingerprint density at radius 1 is 0.826 bits per heavy atom. The summed E-state index contributed by atoms with van der Waals surface area (Å²) < 4.78 is 4.62. The molecule has 0 aliphatic heterocycles. The van der Waals surface area contributed by atoms with E-state index in [1.165, 1.54) is 64.9 Å². The van der Waals surface area contributed by atoms with Gasteiger partial charge in [-0.05, 0) is 38.5 Å². The molecule has 0 aliphatic carbocycles. The number of allylic oxidation sites excluding steroid dienone is 3. The Hall–Kier alpha value is -1.25. The maximum atomic E-state index is 10.9. The third-order valence-electron chi connectivity index (χ3n) is 3.98. The highest BCUT2D eigenvalue weighted by atomic mass is 16.5. The number of ether oxygens (including phenoxy) is 1. The Morgan fingerprint density at radius 2 is 1.26 bits per heavy atom. The molecule has 0 saturated carbocycles. The van der Waals surface area contributed by atoms with E-state index in [1.54, 1.807) is 0 Å². The summed E-state index contributed by atoms with van der Waals surface area (Å²) >= 11 is 0. The fourth-order valence-electron chi connectivity index (χ4n) is 2.52. The number of aliphatic hydroxyl groups excluding tert-OH is 1. The van der Waals surface area contributed by atoms with E-state index in [9.17, 15) is 4.79 Å². The van der Waals surface area contributed by atoms with Gasteiger partial charge in [-0.25, -0.2) is 0 Å². The summed E-state index contributed by atoms with van der Waals surface area (Å²) in [6.07, 6.45) is 20.2. The Morgan fingerprint density at radius 3 is 1.74 bits per heavy atom. The van der Waals surface area contributed by atoms with Gasteiger partial charge in [0.15, 0.2) is 0 Å². The maximum absolute atomic E-state index is 10.9. The van der Waals surface area contributed by atoms with Crippen LogP contribution in [0.15, 0.2) is 24.5 Å². The van der Waals surface area contributed by atoms with Crippen LogP contribution in [-0.2, 0) is 9.53 Å². The average molecular weight is 325 g/mol. The molecule has 0 atom stereocenters. The second kappa shape index (κ2) is 17.1. The molecular weight excluding hydrogens is 288 g/mol. The van der Waals surface area contributed by atoms with Gasteiger partial charge in [-0.3, -0.25) is 4.79 Å². The summed E-state index contributed by atoms with van der Waals surface area (Å²) in [6, 6.07) is 0. The molecule has 0 amide bonds. The molecule has 0 unspecified atom stereocenters. The molecule has 3 nitrogen and oxygen atoms in total. The number of aliphatic hydroxyl groups is 1. The number of hydrogen-bond donors (Lipinski definition) is 1. The molecule has 0 fully saturated rings. The highest BCUT2D eigenvalue weighted by Gasteiger charge is 1.98. The lowest BCUT2D eigenvalue weighted by molar-refractivity contribution is -0.140. The zero-order valence-electron chi connectivity index (χ0n) is 15.0. The lowest BCUT2D eigenvalue weighted by atomic mass is 10.1. The SMILES string of the molecule is C=C(O)CCCCCCC/C=C/CCCCCCCC(=O)OC. The van der Waals surface area contributed by atoms with Crippen molar-refractivity contribution in [1.82, 2.24) is 0 Å². The maximum Gasteiger partial charge on any atom is 0.305 e. The number of rotatable bonds is 16. The number of hydrogen-bond acceptors (Lipinski definition) is 3. The molecule has 1 N–H and O–H groups in total. The first-order chi connectivity index (χ1) is 11.2. The second-order valence-electron chi connectivity index (χ2n) is 6.23. The molecule has 0 aromatic heterocycles. The van der Waals surface area contributed by atoms with Crippen LogP contribution in [0.3, 0.4) is 0 Å². The van der Waals surface area contributed by atoms with Gasteiger partial charge in [0, 0.05) is 12.8 Å². The Balaban J connectivity index is 3.14. The van der Waals surface area contributed by atoms with E-state index in [-0.39, 0.29) is 5.97 Å². The van der Waals surface area contributed by atoms with Gasteiger partial charge in [0.1, 0.15) is 0 Å². The fourth-order valence-corrected chi connectivity index (χ4v) is 2.52. The second-order valence-corrected chi connectivity index (χ2v) is 6.23. The van der Waals surface area contributed by atoms with E-state index in [4.69, 9.17) is 5.11 Å². The van der Waals surface area contributed by atoms with Crippen molar-refractivity contribution in [3.8, 4) is 0 Å². The number of methoxy groups -OCH3 is 1. The first-order valence-electron chi connectivity index (χ1n) is 9.25. The van der Waals surface area contributed by atoms with Crippen molar-refractivity contribution in [3.05, 3.63) is 24.5 Å². The van der Waals surface area contributed by atoms with Crippen molar-refractivity contribution in [2.75, 3.05) is 7.11 Å². The molecule has 3 heteroatoms. The van der Waals surface area contributed by atoms with Crippen molar-refractivity contribution in [1.29, 1.82) is 0 Å². The summed E-state index contributed by atoms with van der Waals surface area (Å²) in [5.74, 6) is 0.225. The largest absolute Gasteiger partial charge is 0.513 e.